The van der Waals surface area contributed by atoms with Gasteiger partial charge in [-0.05, 0) is 48.4 Å². The highest BCUT2D eigenvalue weighted by atomic mass is 16.3. The first kappa shape index (κ1) is 21.9. The largest absolute Gasteiger partial charge is 0.456 e. The van der Waals surface area contributed by atoms with Crippen molar-refractivity contribution in [3.63, 3.8) is 0 Å². The third-order valence-corrected chi connectivity index (χ3v) is 5.40. The number of hydrogen-bond acceptors (Lipinski definition) is 4. The minimum atomic E-state index is 0.0243. The molecule has 1 heterocycles. The summed E-state index contributed by atoms with van der Waals surface area (Å²) in [5, 5.41) is 1.27. The summed E-state index contributed by atoms with van der Waals surface area (Å²) >= 11 is 0. The van der Waals surface area contributed by atoms with Crippen LogP contribution < -0.4 is 15.2 Å². The van der Waals surface area contributed by atoms with Gasteiger partial charge in [0.2, 0.25) is 5.43 Å². The Bertz CT molecular complexity index is 1130. The van der Waals surface area contributed by atoms with Crippen molar-refractivity contribution >= 4 is 39.4 Å². The molecule has 4 nitrogen and oxygen atoms in total. The lowest BCUT2D eigenvalue weighted by molar-refractivity contribution is 0.367. The third kappa shape index (κ3) is 4.86. The van der Waals surface area contributed by atoms with Gasteiger partial charge in [-0.15, -0.1) is 0 Å². The van der Waals surface area contributed by atoms with Crippen molar-refractivity contribution in [1.82, 2.24) is 0 Å². The molecular weight excluding hydrogens is 372 g/mol. The minimum Gasteiger partial charge on any atom is -0.456 e. The molecule has 1 aromatic heterocycles. The molecule has 0 aliphatic carbocycles. The number of anilines is 2. The summed E-state index contributed by atoms with van der Waals surface area (Å²) in [6.07, 6.45) is 7.57. The van der Waals surface area contributed by atoms with Crippen molar-refractivity contribution in [3.8, 4) is 0 Å². The Morgan fingerprint density at radius 3 is 2.23 bits per heavy atom. The van der Waals surface area contributed by atoms with Gasteiger partial charge in [0.25, 0.3) is 0 Å². The summed E-state index contributed by atoms with van der Waals surface area (Å²) in [5.41, 5.74) is 4.56. The molecule has 3 aromatic rings. The van der Waals surface area contributed by atoms with Crippen LogP contribution in [0.25, 0.3) is 28.0 Å². The lowest BCUT2D eigenvalue weighted by Gasteiger charge is -2.17. The molecule has 160 valence electrons. The first-order valence-corrected chi connectivity index (χ1v) is 10.6. The molecule has 0 saturated carbocycles. The summed E-state index contributed by atoms with van der Waals surface area (Å²) < 4.78 is 6.23. The molecule has 0 N–H and O–H groups in total. The fourth-order valence-electron chi connectivity index (χ4n) is 3.61. The van der Waals surface area contributed by atoms with E-state index in [-0.39, 0.29) is 5.43 Å². The zero-order valence-electron chi connectivity index (χ0n) is 19.4. The fourth-order valence-corrected chi connectivity index (χ4v) is 3.61. The zero-order valence-corrected chi connectivity index (χ0v) is 19.4. The van der Waals surface area contributed by atoms with E-state index >= 15 is 0 Å². The predicted molar refractivity (Wildman–Crippen MR) is 131 cm³/mol. The summed E-state index contributed by atoms with van der Waals surface area (Å²) in [7, 11) is 7.96. The average Bonchev–Trinajstić information content (AvgIpc) is 2.65. The lowest BCUT2D eigenvalue weighted by atomic mass is 9.90. The van der Waals surface area contributed by atoms with Crippen LogP contribution in [0.1, 0.15) is 45.6 Å². The SMILES string of the molecule is CN(C)c1ccc2c(=O)c3c(/C=C/CCCC(C)(C)C)cc(N(C)C)cc3oc2c1. The highest BCUT2D eigenvalue weighted by molar-refractivity contribution is 5.97. The Morgan fingerprint density at radius 1 is 0.933 bits per heavy atom. The summed E-state index contributed by atoms with van der Waals surface area (Å²) in [6, 6.07) is 9.78. The second-order valence-corrected chi connectivity index (χ2v) is 9.66. The van der Waals surface area contributed by atoms with E-state index in [1.165, 1.54) is 6.42 Å². The van der Waals surface area contributed by atoms with E-state index in [0.29, 0.717) is 27.4 Å². The molecule has 0 atom stereocenters. The molecule has 0 radical (unpaired) electrons. The number of rotatable bonds is 6. The summed E-state index contributed by atoms with van der Waals surface area (Å²) in [6.45, 7) is 6.80. The van der Waals surface area contributed by atoms with E-state index in [9.17, 15) is 4.79 Å². The van der Waals surface area contributed by atoms with E-state index in [1.54, 1.807) is 0 Å². The Morgan fingerprint density at radius 2 is 1.60 bits per heavy atom. The molecule has 3 rings (SSSR count). The first-order chi connectivity index (χ1) is 14.1. The van der Waals surface area contributed by atoms with Crippen LogP contribution in [-0.4, -0.2) is 28.2 Å². The highest BCUT2D eigenvalue weighted by Crippen LogP contribution is 2.29. The maximum atomic E-state index is 13.4. The first-order valence-electron chi connectivity index (χ1n) is 10.6. The molecular formula is C26H34N2O2. The number of fused-ring (bicyclic) bond motifs is 2. The second kappa shape index (κ2) is 8.55. The molecule has 4 heteroatoms. The summed E-state index contributed by atoms with van der Waals surface area (Å²) in [4.78, 5) is 17.4. The normalized spacial score (nSPS) is 12.2. The number of allylic oxidation sites excluding steroid dienone is 1. The quantitative estimate of drug-likeness (QED) is 0.355. The van der Waals surface area contributed by atoms with Crippen LogP contribution in [0.3, 0.4) is 0 Å². The van der Waals surface area contributed by atoms with E-state index < -0.39 is 0 Å². The Kier molecular flexibility index (Phi) is 6.25. The molecule has 0 unspecified atom stereocenters. The monoisotopic (exact) mass is 406 g/mol. The highest BCUT2D eigenvalue weighted by Gasteiger charge is 2.14. The summed E-state index contributed by atoms with van der Waals surface area (Å²) in [5.74, 6) is 0. The van der Waals surface area contributed by atoms with Gasteiger partial charge >= 0.3 is 0 Å². The molecule has 0 aliphatic heterocycles. The topological polar surface area (TPSA) is 36.7 Å². The Hall–Kier alpha value is -2.75. The second-order valence-electron chi connectivity index (χ2n) is 9.66. The van der Waals surface area contributed by atoms with Crippen LogP contribution in [0, 0.1) is 5.41 Å². The van der Waals surface area contributed by atoms with Gasteiger partial charge in [-0.3, -0.25) is 4.79 Å². The minimum absolute atomic E-state index is 0.0243. The van der Waals surface area contributed by atoms with Gasteiger partial charge in [-0.1, -0.05) is 32.9 Å². The number of benzene rings is 2. The van der Waals surface area contributed by atoms with E-state index in [1.807, 2.05) is 62.3 Å². The molecule has 0 spiro atoms. The standard InChI is InChI=1S/C26H34N2O2/c1-26(2,3)14-10-8-9-11-18-15-20(28(6)7)17-23-24(18)25(29)21-13-12-19(27(4)5)16-22(21)30-23/h9,11-13,15-17H,8,10,14H2,1-7H3/b11-9+. The maximum Gasteiger partial charge on any atom is 0.201 e. The maximum absolute atomic E-state index is 13.4. The lowest BCUT2D eigenvalue weighted by Crippen LogP contribution is -2.11. The molecule has 0 saturated heterocycles. The third-order valence-electron chi connectivity index (χ3n) is 5.40. The molecule has 0 amide bonds. The smallest absolute Gasteiger partial charge is 0.201 e. The van der Waals surface area contributed by atoms with Crippen LogP contribution in [0.15, 0.2) is 45.6 Å². The van der Waals surface area contributed by atoms with Crippen LogP contribution >= 0.6 is 0 Å². The van der Waals surface area contributed by atoms with Crippen LogP contribution in [0.4, 0.5) is 11.4 Å². The van der Waals surface area contributed by atoms with E-state index in [2.05, 4.69) is 39.0 Å². The molecule has 0 aliphatic rings. The van der Waals surface area contributed by atoms with Gasteiger partial charge in [-0.2, -0.15) is 0 Å². The van der Waals surface area contributed by atoms with Gasteiger partial charge < -0.3 is 14.2 Å². The van der Waals surface area contributed by atoms with Crippen molar-refractivity contribution in [2.45, 2.75) is 40.0 Å². The van der Waals surface area contributed by atoms with E-state index in [0.717, 1.165) is 29.8 Å². The van der Waals surface area contributed by atoms with Gasteiger partial charge in [0.15, 0.2) is 0 Å². The predicted octanol–water partition coefficient (Wildman–Crippen LogP) is 6.31. The van der Waals surface area contributed by atoms with Gasteiger partial charge in [-0.25, -0.2) is 0 Å². The van der Waals surface area contributed by atoms with Gasteiger partial charge in [0, 0.05) is 51.7 Å². The molecule has 30 heavy (non-hydrogen) atoms. The van der Waals surface area contributed by atoms with Crippen LogP contribution in [0.5, 0.6) is 0 Å². The molecule has 0 fully saturated rings. The number of hydrogen-bond donors (Lipinski definition) is 0. The zero-order chi connectivity index (χ0) is 22.1. The Balaban J connectivity index is 2.10. The average molecular weight is 407 g/mol. The molecule has 2 aromatic carbocycles. The van der Waals surface area contributed by atoms with Crippen molar-refractivity contribution in [2.75, 3.05) is 38.0 Å². The van der Waals surface area contributed by atoms with Crippen LogP contribution in [0.2, 0.25) is 0 Å². The van der Waals surface area contributed by atoms with E-state index in [4.69, 9.17) is 4.42 Å². The number of nitrogens with zero attached hydrogens (tertiary/aromatic N) is 2. The van der Waals surface area contributed by atoms with Crippen molar-refractivity contribution in [2.24, 2.45) is 5.41 Å². The van der Waals surface area contributed by atoms with Crippen molar-refractivity contribution in [1.29, 1.82) is 0 Å². The van der Waals surface area contributed by atoms with Crippen molar-refractivity contribution < 1.29 is 4.42 Å². The Labute approximate surface area is 179 Å². The van der Waals surface area contributed by atoms with Gasteiger partial charge in [0.05, 0.1) is 10.8 Å². The fraction of sp³-hybridized carbons (Fsp3) is 0.423. The molecule has 0 bridgehead atoms. The van der Waals surface area contributed by atoms with Crippen LogP contribution in [-0.2, 0) is 0 Å². The number of unbranched alkanes of at least 4 members (excludes halogenated alkanes) is 1. The van der Waals surface area contributed by atoms with Gasteiger partial charge in [0.1, 0.15) is 11.2 Å². The van der Waals surface area contributed by atoms with Crippen molar-refractivity contribution in [3.05, 3.63) is 52.2 Å².